The van der Waals surface area contributed by atoms with Crippen LogP contribution in [0.4, 0.5) is 0 Å². The average Bonchev–Trinajstić information content (AvgIpc) is 2.60. The number of ether oxygens (including phenoxy) is 2. The second-order valence-electron chi connectivity index (χ2n) is 6.23. The number of nitrogens with one attached hydrogen (secondary N) is 1. The van der Waals surface area contributed by atoms with Gasteiger partial charge in [0.1, 0.15) is 11.5 Å². The summed E-state index contributed by atoms with van der Waals surface area (Å²) >= 11 is 0. The van der Waals surface area contributed by atoms with Crippen LogP contribution in [0.5, 0.6) is 11.5 Å². The molecule has 0 spiro atoms. The van der Waals surface area contributed by atoms with Crippen LogP contribution < -0.4 is 14.8 Å². The van der Waals surface area contributed by atoms with E-state index >= 15 is 0 Å². The van der Waals surface area contributed by atoms with E-state index in [0.29, 0.717) is 18.0 Å². The highest BCUT2D eigenvalue weighted by Crippen LogP contribution is 2.19. The topological polar surface area (TPSA) is 54.0 Å². The van der Waals surface area contributed by atoms with Crippen molar-refractivity contribution in [1.82, 2.24) is 15.1 Å². The number of benzene rings is 1. The molecule has 0 aromatic heterocycles. The summed E-state index contributed by atoms with van der Waals surface area (Å²) in [5.74, 6) is 1.26. The maximum atomic E-state index is 12.1. The monoisotopic (exact) mass is 335 g/mol. The van der Waals surface area contributed by atoms with Crippen LogP contribution in [-0.4, -0.2) is 75.2 Å². The first kappa shape index (κ1) is 18.5. The first-order valence-electron chi connectivity index (χ1n) is 8.58. The van der Waals surface area contributed by atoms with E-state index in [4.69, 9.17) is 9.47 Å². The second-order valence-corrected chi connectivity index (χ2v) is 6.23. The lowest BCUT2D eigenvalue weighted by Crippen LogP contribution is -2.45. The summed E-state index contributed by atoms with van der Waals surface area (Å²) in [6, 6.07) is 7.28. The van der Waals surface area contributed by atoms with Gasteiger partial charge in [-0.15, -0.1) is 0 Å². The maximum absolute atomic E-state index is 12.1. The highest BCUT2D eigenvalue weighted by Gasteiger charge is 2.16. The van der Waals surface area contributed by atoms with E-state index in [2.05, 4.69) is 22.2 Å². The van der Waals surface area contributed by atoms with Gasteiger partial charge in [-0.25, -0.2) is 0 Å². The standard InChI is InChI=1S/C18H29N3O3/c1-15(24-17-7-4-6-16(14-17)23-3)18(22)19-8-5-9-21-12-10-20(2)11-13-21/h4,6-7,14-15H,5,8-13H2,1-3H3,(H,19,22)/t15-/m1/s1. The van der Waals surface area contributed by atoms with Crippen molar-refractivity contribution in [3.8, 4) is 11.5 Å². The molecule has 134 valence electrons. The van der Waals surface area contributed by atoms with E-state index in [1.807, 2.05) is 18.2 Å². The van der Waals surface area contributed by atoms with Crippen molar-refractivity contribution in [2.75, 3.05) is 53.4 Å². The molecular formula is C18H29N3O3. The number of nitrogens with zero attached hydrogens (tertiary/aromatic N) is 2. The first-order chi connectivity index (χ1) is 11.6. The fourth-order valence-electron chi connectivity index (χ4n) is 2.66. The minimum atomic E-state index is -0.527. The maximum Gasteiger partial charge on any atom is 0.260 e. The normalized spacial score (nSPS) is 17.3. The van der Waals surface area contributed by atoms with Crippen LogP contribution in [-0.2, 0) is 4.79 Å². The Labute approximate surface area is 144 Å². The minimum Gasteiger partial charge on any atom is -0.497 e. The number of carbonyl (C=O) groups excluding carboxylic acids is 1. The molecule has 0 bridgehead atoms. The summed E-state index contributed by atoms with van der Waals surface area (Å²) in [5, 5.41) is 2.95. The summed E-state index contributed by atoms with van der Waals surface area (Å²) in [6.07, 6.45) is 0.433. The van der Waals surface area contributed by atoms with Gasteiger partial charge in [-0.1, -0.05) is 6.07 Å². The molecule has 1 N–H and O–H groups in total. The molecule has 0 saturated carbocycles. The molecule has 0 aliphatic carbocycles. The Bertz CT molecular complexity index is 516. The van der Waals surface area contributed by atoms with Crippen LogP contribution >= 0.6 is 0 Å². The third-order valence-electron chi connectivity index (χ3n) is 4.27. The number of carbonyl (C=O) groups is 1. The predicted molar refractivity (Wildman–Crippen MR) is 94.6 cm³/mol. The fraction of sp³-hybridized carbons (Fsp3) is 0.611. The van der Waals surface area contributed by atoms with Crippen LogP contribution in [0.3, 0.4) is 0 Å². The summed E-state index contributed by atoms with van der Waals surface area (Å²) in [5.41, 5.74) is 0. The summed E-state index contributed by atoms with van der Waals surface area (Å²) in [4.78, 5) is 16.9. The van der Waals surface area contributed by atoms with Crippen LogP contribution in [0.2, 0.25) is 0 Å². The number of methoxy groups -OCH3 is 1. The number of likely N-dealkylation sites (N-methyl/N-ethyl adjacent to an activating group) is 1. The molecule has 1 atom stereocenters. The third-order valence-corrected chi connectivity index (χ3v) is 4.27. The van der Waals surface area contributed by atoms with E-state index in [-0.39, 0.29) is 5.91 Å². The average molecular weight is 335 g/mol. The van der Waals surface area contributed by atoms with Gasteiger partial charge in [-0.05, 0) is 39.1 Å². The van der Waals surface area contributed by atoms with Crippen molar-refractivity contribution < 1.29 is 14.3 Å². The molecule has 1 aliphatic rings. The predicted octanol–water partition coefficient (Wildman–Crippen LogP) is 1.22. The van der Waals surface area contributed by atoms with Crippen molar-refractivity contribution in [2.45, 2.75) is 19.4 Å². The number of amides is 1. The molecule has 0 radical (unpaired) electrons. The fourth-order valence-corrected chi connectivity index (χ4v) is 2.66. The van der Waals surface area contributed by atoms with E-state index in [9.17, 15) is 4.79 Å². The number of piperazine rings is 1. The molecule has 1 heterocycles. The lowest BCUT2D eigenvalue weighted by Gasteiger charge is -2.32. The van der Waals surface area contributed by atoms with Gasteiger partial charge < -0.3 is 24.6 Å². The van der Waals surface area contributed by atoms with Crippen molar-refractivity contribution in [3.63, 3.8) is 0 Å². The summed E-state index contributed by atoms with van der Waals surface area (Å²) in [7, 11) is 3.76. The molecule has 1 aromatic carbocycles. The van der Waals surface area contributed by atoms with Crippen molar-refractivity contribution >= 4 is 5.91 Å². The van der Waals surface area contributed by atoms with Gasteiger partial charge >= 0.3 is 0 Å². The Kier molecular flexibility index (Phi) is 7.34. The van der Waals surface area contributed by atoms with Crippen molar-refractivity contribution in [1.29, 1.82) is 0 Å². The molecule has 6 nitrogen and oxygen atoms in total. The van der Waals surface area contributed by atoms with E-state index < -0.39 is 6.10 Å². The Hall–Kier alpha value is -1.79. The van der Waals surface area contributed by atoms with E-state index in [0.717, 1.165) is 39.1 Å². The Morgan fingerprint density at radius 1 is 1.25 bits per heavy atom. The lowest BCUT2D eigenvalue weighted by atomic mass is 10.3. The molecule has 1 saturated heterocycles. The highest BCUT2D eigenvalue weighted by atomic mass is 16.5. The lowest BCUT2D eigenvalue weighted by molar-refractivity contribution is -0.127. The van der Waals surface area contributed by atoms with Crippen LogP contribution in [0, 0.1) is 0 Å². The van der Waals surface area contributed by atoms with Gasteiger partial charge in [0, 0.05) is 38.8 Å². The Balaban J connectivity index is 1.64. The first-order valence-corrected chi connectivity index (χ1v) is 8.58. The van der Waals surface area contributed by atoms with E-state index in [1.165, 1.54) is 0 Å². The Morgan fingerprint density at radius 2 is 1.96 bits per heavy atom. The highest BCUT2D eigenvalue weighted by molar-refractivity contribution is 5.80. The molecule has 1 aromatic rings. The van der Waals surface area contributed by atoms with Gasteiger partial charge in [0.2, 0.25) is 0 Å². The minimum absolute atomic E-state index is 0.0869. The third kappa shape index (κ3) is 6.02. The molecule has 0 unspecified atom stereocenters. The molecule has 1 fully saturated rings. The van der Waals surface area contributed by atoms with Gasteiger partial charge in [0.15, 0.2) is 6.10 Å². The number of hydrogen-bond acceptors (Lipinski definition) is 5. The quantitative estimate of drug-likeness (QED) is 0.724. The smallest absolute Gasteiger partial charge is 0.260 e. The number of hydrogen-bond donors (Lipinski definition) is 1. The second kappa shape index (κ2) is 9.49. The molecule has 1 amide bonds. The van der Waals surface area contributed by atoms with Gasteiger partial charge in [0.25, 0.3) is 5.91 Å². The molecule has 1 aliphatic heterocycles. The number of rotatable bonds is 8. The zero-order chi connectivity index (χ0) is 17.4. The van der Waals surface area contributed by atoms with Crippen LogP contribution in [0.15, 0.2) is 24.3 Å². The summed E-state index contributed by atoms with van der Waals surface area (Å²) < 4.78 is 10.8. The van der Waals surface area contributed by atoms with Crippen LogP contribution in [0.1, 0.15) is 13.3 Å². The van der Waals surface area contributed by atoms with Gasteiger partial charge in [0.05, 0.1) is 7.11 Å². The van der Waals surface area contributed by atoms with Crippen molar-refractivity contribution in [3.05, 3.63) is 24.3 Å². The Morgan fingerprint density at radius 3 is 2.67 bits per heavy atom. The molecular weight excluding hydrogens is 306 g/mol. The zero-order valence-electron chi connectivity index (χ0n) is 15.0. The van der Waals surface area contributed by atoms with E-state index in [1.54, 1.807) is 20.1 Å². The van der Waals surface area contributed by atoms with Gasteiger partial charge in [-0.2, -0.15) is 0 Å². The molecule has 6 heteroatoms. The van der Waals surface area contributed by atoms with Gasteiger partial charge in [-0.3, -0.25) is 4.79 Å². The SMILES string of the molecule is COc1cccc(O[C@H](C)C(=O)NCCCN2CCN(C)CC2)c1. The van der Waals surface area contributed by atoms with Crippen molar-refractivity contribution in [2.24, 2.45) is 0 Å². The van der Waals surface area contributed by atoms with Crippen LogP contribution in [0.25, 0.3) is 0 Å². The molecule has 2 rings (SSSR count). The zero-order valence-corrected chi connectivity index (χ0v) is 15.0. The molecule has 24 heavy (non-hydrogen) atoms. The summed E-state index contributed by atoms with van der Waals surface area (Å²) in [6.45, 7) is 7.93. The largest absolute Gasteiger partial charge is 0.497 e.